The van der Waals surface area contributed by atoms with Gasteiger partial charge >= 0.3 is 0 Å². The van der Waals surface area contributed by atoms with E-state index >= 15 is 4.39 Å². The fraction of sp³-hybridized carbons (Fsp3) is 0.366. The standard InChI is InChI=1S/2C24H23FO6.C23H21FO6/c1-24(2)7-6-13-16(31-24)5-4-14-22(26)21-15-10-19(28-9-8-25)18(27-3)11-17(15)29-12-20(21)30-23(13)14;1-24(2)7-6-13-16(31-24)5-4-14-22(26)21-15-10-18(27-3)19(28-9-8-25)11-17(15)29-12-20(21)30-23(13)14;1-23(2)6-5-11-15(30-23)8-13(24)20-21(25)19-12-7-16(26-3)17(27-4)9-14(12)28-10-18(19)29-22(11)20/h2*4-7,10-11,20-21H,8-9,12H2,1-3H3;5-9,18-19H,10H2,1-4H3/t2*20-,21+;18-,19+/m111/s1/i2*25-1;24-1. The number of ether oxygens (including phenoxy) is 15. The van der Waals surface area contributed by atoms with Crippen LogP contribution in [-0.2, 0) is 0 Å². The quantitative estimate of drug-likeness (QED) is 0.126. The normalized spacial score (nSPS) is 22.1. The second kappa shape index (κ2) is 23.5. The van der Waals surface area contributed by atoms with E-state index in [4.69, 9.17) is 71.1 Å². The van der Waals surface area contributed by atoms with Crippen molar-refractivity contribution in [2.45, 2.75) is 94.4 Å². The molecule has 9 aliphatic heterocycles. The van der Waals surface area contributed by atoms with Gasteiger partial charge in [-0.3, -0.25) is 14.4 Å². The molecular formula is C71H67F3O18. The first-order chi connectivity index (χ1) is 44.2. The Hall–Kier alpha value is -9.66. The molecule has 18 nitrogen and oxygen atoms in total. The van der Waals surface area contributed by atoms with Crippen molar-refractivity contribution >= 4 is 35.6 Å². The molecule has 0 unspecified atom stereocenters. The van der Waals surface area contributed by atoms with Crippen LogP contribution in [0.3, 0.4) is 0 Å². The number of halogens is 3. The highest BCUT2D eigenvalue weighted by molar-refractivity contribution is 6.08. The molecule has 480 valence electrons. The highest BCUT2D eigenvalue weighted by Gasteiger charge is 2.49. The zero-order valence-corrected chi connectivity index (χ0v) is 52.2. The molecule has 0 fully saturated rings. The first-order valence-electron chi connectivity index (χ1n) is 30.1. The Balaban J connectivity index is 0.000000126. The smallest absolute Gasteiger partial charge is 0.181 e. The zero-order valence-electron chi connectivity index (χ0n) is 52.2. The molecule has 0 radical (unpaired) electrons. The lowest BCUT2D eigenvalue weighted by Crippen LogP contribution is -2.43. The van der Waals surface area contributed by atoms with E-state index in [-0.39, 0.29) is 61.7 Å². The molecule has 6 aromatic rings. The van der Waals surface area contributed by atoms with Crippen molar-refractivity contribution in [3.63, 3.8) is 0 Å². The Bertz CT molecular complexity index is 4110. The van der Waals surface area contributed by atoms with Gasteiger partial charge in [0.05, 0.1) is 79.6 Å². The Morgan fingerprint density at radius 1 is 0.435 bits per heavy atom. The van der Waals surface area contributed by atoms with Crippen LogP contribution in [-0.4, -0.2) is 127 Å². The predicted octanol–water partition coefficient (Wildman–Crippen LogP) is 12.8. The number of ketones is 3. The maximum atomic E-state index is 15.1. The third-order valence-electron chi connectivity index (χ3n) is 17.2. The summed E-state index contributed by atoms with van der Waals surface area (Å²) in [7, 11) is 6.04. The summed E-state index contributed by atoms with van der Waals surface area (Å²) < 4.78 is 127. The van der Waals surface area contributed by atoms with Crippen LogP contribution in [0.15, 0.2) is 85.0 Å². The lowest BCUT2D eigenvalue weighted by molar-refractivity contribution is 0.0540. The van der Waals surface area contributed by atoms with Gasteiger partial charge in [-0.2, -0.15) is 0 Å². The number of fused-ring (bicyclic) bond motifs is 18. The van der Waals surface area contributed by atoms with Crippen LogP contribution in [0.2, 0.25) is 0 Å². The number of carbonyl (C=O) groups excluding carboxylic acids is 3. The molecule has 0 spiro atoms. The maximum absolute atomic E-state index is 15.1. The first kappa shape index (κ1) is 61.2. The number of Topliss-reactive ketones (excluding diaryl/α,β-unsaturated/α-hetero) is 3. The Kier molecular flexibility index (Phi) is 15.7. The fourth-order valence-electron chi connectivity index (χ4n) is 12.8. The summed E-state index contributed by atoms with van der Waals surface area (Å²) in [5.74, 6) is 4.13. The van der Waals surface area contributed by atoms with Crippen molar-refractivity contribution in [1.82, 2.24) is 0 Å². The van der Waals surface area contributed by atoms with Crippen LogP contribution in [0.4, 0.5) is 13.2 Å². The van der Waals surface area contributed by atoms with Crippen LogP contribution >= 0.6 is 0 Å². The van der Waals surface area contributed by atoms with Crippen molar-refractivity contribution in [3.8, 4) is 86.2 Å². The third-order valence-corrected chi connectivity index (χ3v) is 17.2. The Labute approximate surface area is 528 Å². The van der Waals surface area contributed by atoms with Crippen molar-refractivity contribution in [2.75, 3.05) is 74.8 Å². The molecule has 0 aromatic heterocycles. The van der Waals surface area contributed by atoms with Crippen LogP contribution in [0.5, 0.6) is 86.2 Å². The number of carbonyl (C=O) groups is 3. The number of alkyl halides is 2. The summed E-state index contributed by atoms with van der Waals surface area (Å²) in [4.78, 5) is 40.6. The van der Waals surface area contributed by atoms with Gasteiger partial charge in [-0.05, 0) is 120 Å². The lowest BCUT2D eigenvalue weighted by atomic mass is 9.80. The van der Waals surface area contributed by atoms with E-state index in [1.807, 2.05) is 90.1 Å². The van der Waals surface area contributed by atoms with Crippen molar-refractivity contribution in [2.24, 2.45) is 0 Å². The minimum absolute atomic E-state index is 0.0451. The molecular weight excluding hydrogens is 1190 g/mol. The van der Waals surface area contributed by atoms with Crippen LogP contribution in [0.1, 0.15) is 124 Å². The fourth-order valence-corrected chi connectivity index (χ4v) is 12.8. The van der Waals surface area contributed by atoms with Crippen LogP contribution in [0.25, 0.3) is 18.2 Å². The van der Waals surface area contributed by atoms with E-state index in [0.29, 0.717) is 114 Å². The summed E-state index contributed by atoms with van der Waals surface area (Å²) >= 11 is 0. The monoisotopic (exact) mass is 1260 g/mol. The topological polar surface area (TPSA) is 190 Å². The van der Waals surface area contributed by atoms with Crippen LogP contribution in [0, 0.1) is 5.82 Å². The molecule has 21 heteroatoms. The summed E-state index contributed by atoms with van der Waals surface area (Å²) in [6.45, 7) is 10.8. The predicted molar refractivity (Wildman–Crippen MR) is 330 cm³/mol. The lowest BCUT2D eigenvalue weighted by Gasteiger charge is -2.39. The summed E-state index contributed by atoms with van der Waals surface area (Å²) in [6, 6.07) is 18.5. The van der Waals surface area contributed by atoms with Gasteiger partial charge in [0.1, 0.15) is 139 Å². The van der Waals surface area contributed by atoms with Gasteiger partial charge < -0.3 is 71.1 Å². The largest absolute Gasteiger partial charge is 0.493 e. The molecule has 6 atom stereocenters. The van der Waals surface area contributed by atoms with E-state index in [2.05, 4.69) is 0 Å². The number of hydrogen-bond donors (Lipinski definition) is 0. The summed E-state index contributed by atoms with van der Waals surface area (Å²) in [5.41, 5.74) is 3.52. The highest BCUT2D eigenvalue weighted by atomic mass is 18.2. The zero-order chi connectivity index (χ0) is 64.7. The SMILES string of the molecule is COc1cc2c(cc1OC)[C@@H]1C(=O)c3c([18F])cc4c(c3O[C@@H]1CO2)C=CC(C)(C)O4.COc1cc2c(cc1OCC[18F])OC[C@H]1Oc3c(ccc4c3C=CC(C)(C)O4)C(=O)[C@@H]21.COc1cc2c(cc1OCC[18F])[C@@H]1C(=O)c3ccc4c(c3O[C@@H]1CO2)C=CC(C)(C)O4. The molecule has 0 bridgehead atoms. The maximum Gasteiger partial charge on any atom is 0.181 e. The van der Waals surface area contributed by atoms with Gasteiger partial charge in [-0.25, -0.2) is 13.2 Å². The Morgan fingerprint density at radius 3 is 1.22 bits per heavy atom. The van der Waals surface area contributed by atoms with Gasteiger partial charge in [0.2, 0.25) is 0 Å². The average molecular weight is 1260 g/mol. The number of methoxy groups -OCH3 is 4. The third kappa shape index (κ3) is 10.8. The van der Waals surface area contributed by atoms with Gasteiger partial charge in [-0.15, -0.1) is 0 Å². The minimum Gasteiger partial charge on any atom is -0.493 e. The second-order valence-electron chi connectivity index (χ2n) is 24.6. The van der Waals surface area contributed by atoms with Gasteiger partial charge in [0, 0.05) is 41.0 Å². The van der Waals surface area contributed by atoms with E-state index in [0.717, 1.165) is 11.1 Å². The minimum atomic E-state index is -0.710. The van der Waals surface area contributed by atoms with Crippen molar-refractivity contribution < 1.29 is 98.6 Å². The molecule has 6 aromatic carbocycles. The molecule has 0 N–H and O–H groups in total. The molecule has 0 aliphatic carbocycles. The number of rotatable bonds is 10. The van der Waals surface area contributed by atoms with Gasteiger partial charge in [0.15, 0.2) is 51.8 Å². The molecule has 0 saturated heterocycles. The van der Waals surface area contributed by atoms with E-state index in [1.54, 1.807) is 48.5 Å². The molecule has 0 saturated carbocycles. The van der Waals surface area contributed by atoms with Crippen molar-refractivity contribution in [1.29, 1.82) is 0 Å². The molecule has 0 amide bonds. The Morgan fingerprint density at radius 2 is 0.783 bits per heavy atom. The molecule has 15 rings (SSSR count). The van der Waals surface area contributed by atoms with Gasteiger partial charge in [0.25, 0.3) is 0 Å². The number of hydrogen-bond acceptors (Lipinski definition) is 18. The second-order valence-corrected chi connectivity index (χ2v) is 24.6. The average Bonchev–Trinajstić information content (AvgIpc) is 0.772. The van der Waals surface area contributed by atoms with E-state index in [1.165, 1.54) is 34.5 Å². The molecule has 9 aliphatic rings. The molecule has 9 heterocycles. The van der Waals surface area contributed by atoms with Crippen LogP contribution < -0.4 is 71.1 Å². The molecule has 92 heavy (non-hydrogen) atoms. The van der Waals surface area contributed by atoms with E-state index in [9.17, 15) is 23.2 Å². The summed E-state index contributed by atoms with van der Waals surface area (Å²) in [5, 5.41) is 0. The first-order valence-corrected chi connectivity index (χ1v) is 30.1. The van der Waals surface area contributed by atoms with Gasteiger partial charge in [-0.1, -0.05) is 0 Å². The van der Waals surface area contributed by atoms with E-state index < -0.39 is 72.0 Å². The highest BCUT2D eigenvalue weighted by Crippen LogP contribution is 2.54. The summed E-state index contributed by atoms with van der Waals surface area (Å²) in [6.07, 6.45) is 9.89. The van der Waals surface area contributed by atoms with Crippen molar-refractivity contribution in [3.05, 3.63) is 141 Å². The number of benzene rings is 6.